The minimum atomic E-state index is -3.67. The molecule has 2 aromatic rings. The number of nitrogens with zero attached hydrogens (tertiary/aromatic N) is 1. The van der Waals surface area contributed by atoms with Crippen molar-refractivity contribution >= 4 is 24.3 Å². The van der Waals surface area contributed by atoms with Crippen molar-refractivity contribution in [3.63, 3.8) is 0 Å². The van der Waals surface area contributed by atoms with Crippen LogP contribution in [0.3, 0.4) is 0 Å². The van der Waals surface area contributed by atoms with E-state index in [9.17, 15) is 14.7 Å². The second-order valence-corrected chi connectivity index (χ2v) is 6.52. The van der Waals surface area contributed by atoms with Crippen LogP contribution in [0.15, 0.2) is 61.2 Å². The first-order valence-electron chi connectivity index (χ1n) is 6.90. The van der Waals surface area contributed by atoms with E-state index in [-0.39, 0.29) is 23.4 Å². The molecule has 1 unspecified atom stereocenters. The van der Waals surface area contributed by atoms with Crippen LogP contribution in [0.1, 0.15) is 12.5 Å². The summed E-state index contributed by atoms with van der Waals surface area (Å²) >= 11 is 0. The quantitative estimate of drug-likeness (QED) is 0.329. The number of nitro benzene ring substituents is 1. The minimum Gasteiger partial charge on any atom is -0.421 e. The first-order valence-corrected chi connectivity index (χ1v) is 8.44. The number of hydrogen-bond acceptors (Lipinski definition) is 5. The van der Waals surface area contributed by atoms with E-state index in [0.29, 0.717) is 5.56 Å². The van der Waals surface area contributed by atoms with Gasteiger partial charge in [0, 0.05) is 17.7 Å². The summed E-state index contributed by atoms with van der Waals surface area (Å²) in [4.78, 5) is 10.2. The van der Waals surface area contributed by atoms with E-state index in [1.807, 2.05) is 6.07 Å². The zero-order chi connectivity index (χ0) is 16.9. The van der Waals surface area contributed by atoms with Gasteiger partial charge >= 0.3 is 7.60 Å². The highest BCUT2D eigenvalue weighted by Crippen LogP contribution is 2.50. The molecule has 0 aliphatic carbocycles. The van der Waals surface area contributed by atoms with E-state index >= 15 is 0 Å². The third-order valence-electron chi connectivity index (χ3n) is 3.00. The summed E-state index contributed by atoms with van der Waals surface area (Å²) in [7, 11) is -3.67. The van der Waals surface area contributed by atoms with Crippen molar-refractivity contribution in [2.24, 2.45) is 0 Å². The van der Waals surface area contributed by atoms with Crippen molar-refractivity contribution in [3.05, 3.63) is 76.9 Å². The molecule has 2 rings (SSSR count). The van der Waals surface area contributed by atoms with Gasteiger partial charge < -0.3 is 4.52 Å². The van der Waals surface area contributed by atoms with Crippen molar-refractivity contribution < 1.29 is 18.5 Å². The standard InChI is InChI=1S/C16H16NO5P/c1-3-21-23(20,16-11-9-15(10-12-16)17(18)19)22-13(2)14-7-5-4-6-8-14/h4-12H,2-3H2,1H3. The fraction of sp³-hybridized carbons (Fsp3) is 0.125. The molecule has 0 aromatic heterocycles. The van der Waals surface area contributed by atoms with E-state index < -0.39 is 12.5 Å². The van der Waals surface area contributed by atoms with E-state index in [1.54, 1.807) is 31.2 Å². The fourth-order valence-electron chi connectivity index (χ4n) is 1.90. The molecule has 0 saturated heterocycles. The molecule has 0 amide bonds. The molecule has 0 heterocycles. The fourth-order valence-corrected chi connectivity index (χ4v) is 3.46. The second kappa shape index (κ2) is 7.22. The van der Waals surface area contributed by atoms with Gasteiger partial charge in [-0.25, -0.2) is 4.57 Å². The summed E-state index contributed by atoms with van der Waals surface area (Å²) in [6, 6.07) is 14.3. The summed E-state index contributed by atoms with van der Waals surface area (Å²) in [6.07, 6.45) is 0. The molecule has 0 spiro atoms. The Kier molecular flexibility index (Phi) is 5.32. The maximum atomic E-state index is 13.0. The molecule has 2 aromatic carbocycles. The van der Waals surface area contributed by atoms with Gasteiger partial charge in [0.25, 0.3) is 5.69 Å². The van der Waals surface area contributed by atoms with Crippen LogP contribution in [-0.4, -0.2) is 11.5 Å². The summed E-state index contributed by atoms with van der Waals surface area (Å²) in [6.45, 7) is 5.63. The van der Waals surface area contributed by atoms with Crippen LogP contribution >= 0.6 is 7.60 Å². The molecule has 7 heteroatoms. The number of benzene rings is 2. The Balaban J connectivity index is 2.30. The molecule has 0 radical (unpaired) electrons. The van der Waals surface area contributed by atoms with Crippen molar-refractivity contribution in [1.29, 1.82) is 0 Å². The Bertz CT molecular complexity index is 743. The van der Waals surface area contributed by atoms with Crippen LogP contribution in [0.5, 0.6) is 0 Å². The molecule has 0 fully saturated rings. The molecule has 0 N–H and O–H groups in total. The Morgan fingerprint density at radius 3 is 2.30 bits per heavy atom. The normalized spacial score (nSPS) is 13.1. The van der Waals surface area contributed by atoms with Crippen molar-refractivity contribution in [3.8, 4) is 0 Å². The molecule has 6 nitrogen and oxygen atoms in total. The van der Waals surface area contributed by atoms with Gasteiger partial charge in [-0.2, -0.15) is 0 Å². The maximum Gasteiger partial charge on any atom is 0.410 e. The van der Waals surface area contributed by atoms with E-state index in [2.05, 4.69) is 6.58 Å². The monoisotopic (exact) mass is 333 g/mol. The van der Waals surface area contributed by atoms with Gasteiger partial charge in [0.15, 0.2) is 0 Å². The highest BCUT2D eigenvalue weighted by molar-refractivity contribution is 7.62. The SMILES string of the molecule is C=C(OP(=O)(OCC)c1ccc([N+](=O)[O-])cc1)c1ccccc1. The molecular weight excluding hydrogens is 317 g/mol. The van der Waals surface area contributed by atoms with Crippen LogP contribution in [0.25, 0.3) is 5.76 Å². The van der Waals surface area contributed by atoms with Crippen LogP contribution in [0, 0.1) is 10.1 Å². The van der Waals surface area contributed by atoms with Crippen molar-refractivity contribution in [2.45, 2.75) is 6.92 Å². The lowest BCUT2D eigenvalue weighted by molar-refractivity contribution is -0.384. The maximum absolute atomic E-state index is 13.0. The average molecular weight is 333 g/mol. The molecule has 0 saturated carbocycles. The Morgan fingerprint density at radius 1 is 1.17 bits per heavy atom. The van der Waals surface area contributed by atoms with Crippen molar-refractivity contribution in [1.82, 2.24) is 0 Å². The Labute approximate surface area is 134 Å². The first kappa shape index (κ1) is 16.9. The average Bonchev–Trinajstić information content (AvgIpc) is 2.56. The molecular formula is C16H16NO5P. The van der Waals surface area contributed by atoms with E-state index in [4.69, 9.17) is 9.05 Å². The molecule has 0 aliphatic heterocycles. The van der Waals surface area contributed by atoms with Crippen molar-refractivity contribution in [2.75, 3.05) is 6.61 Å². The molecule has 1 atom stereocenters. The van der Waals surface area contributed by atoms with Crippen LogP contribution in [0.2, 0.25) is 0 Å². The zero-order valence-corrected chi connectivity index (χ0v) is 13.4. The summed E-state index contributed by atoms with van der Waals surface area (Å²) < 4.78 is 23.8. The van der Waals surface area contributed by atoms with Gasteiger partial charge in [0.1, 0.15) is 5.76 Å². The summed E-state index contributed by atoms with van der Waals surface area (Å²) in [5.41, 5.74) is 0.577. The third kappa shape index (κ3) is 4.06. The highest BCUT2D eigenvalue weighted by atomic mass is 31.2. The molecule has 0 bridgehead atoms. The second-order valence-electron chi connectivity index (χ2n) is 4.57. The van der Waals surface area contributed by atoms with Gasteiger partial charge in [-0.1, -0.05) is 36.9 Å². The predicted octanol–water partition coefficient (Wildman–Crippen LogP) is 4.14. The Hall–Kier alpha value is -2.43. The van der Waals surface area contributed by atoms with Gasteiger partial charge in [-0.15, -0.1) is 0 Å². The topological polar surface area (TPSA) is 78.7 Å². The summed E-state index contributed by atoms with van der Waals surface area (Å²) in [5, 5.41) is 10.9. The first-order chi connectivity index (χ1) is 11.0. The molecule has 23 heavy (non-hydrogen) atoms. The lowest BCUT2D eigenvalue weighted by Gasteiger charge is -2.20. The van der Waals surface area contributed by atoms with Crippen LogP contribution in [-0.2, 0) is 13.6 Å². The van der Waals surface area contributed by atoms with E-state index in [1.165, 1.54) is 24.3 Å². The number of rotatable bonds is 7. The van der Waals surface area contributed by atoms with Gasteiger partial charge in [-0.3, -0.25) is 14.6 Å². The lowest BCUT2D eigenvalue weighted by atomic mass is 10.2. The van der Waals surface area contributed by atoms with Gasteiger partial charge in [0.2, 0.25) is 0 Å². The predicted molar refractivity (Wildman–Crippen MR) is 88.5 cm³/mol. The largest absolute Gasteiger partial charge is 0.421 e. The third-order valence-corrected chi connectivity index (χ3v) is 4.99. The number of non-ortho nitro benzene ring substituents is 1. The Morgan fingerprint density at radius 2 is 1.78 bits per heavy atom. The number of nitro groups is 1. The lowest BCUT2D eigenvalue weighted by Crippen LogP contribution is -2.10. The number of hydrogen-bond donors (Lipinski definition) is 0. The zero-order valence-electron chi connectivity index (χ0n) is 12.5. The van der Waals surface area contributed by atoms with E-state index in [0.717, 1.165) is 0 Å². The van der Waals surface area contributed by atoms with Gasteiger partial charge in [0.05, 0.1) is 16.8 Å². The summed E-state index contributed by atoms with van der Waals surface area (Å²) in [5.74, 6) is 0.209. The smallest absolute Gasteiger partial charge is 0.410 e. The highest BCUT2D eigenvalue weighted by Gasteiger charge is 2.30. The van der Waals surface area contributed by atoms with Gasteiger partial charge in [-0.05, 0) is 19.1 Å². The van der Waals surface area contributed by atoms with Crippen LogP contribution < -0.4 is 5.30 Å². The molecule has 0 aliphatic rings. The molecule has 120 valence electrons. The minimum absolute atomic E-state index is 0.0984. The van der Waals surface area contributed by atoms with Crippen LogP contribution in [0.4, 0.5) is 5.69 Å².